The Morgan fingerprint density at radius 3 is 2.65 bits per heavy atom. The lowest BCUT2D eigenvalue weighted by molar-refractivity contribution is 0.0956. The molecule has 0 unspecified atom stereocenters. The highest BCUT2D eigenvalue weighted by Gasteiger charge is 2.32. The fourth-order valence-electron chi connectivity index (χ4n) is 3.20. The first-order chi connectivity index (χ1) is 12.4. The minimum atomic E-state index is -3.31. The highest BCUT2D eigenvalue weighted by molar-refractivity contribution is 7.99. The maximum atomic E-state index is 12.4. The minimum Gasteiger partial charge on any atom is -0.351 e. The molecule has 2 aromatic carbocycles. The van der Waals surface area contributed by atoms with Crippen molar-refractivity contribution < 1.29 is 13.2 Å². The Labute approximate surface area is 158 Å². The number of nitrogens with zero attached hydrogens (tertiary/aromatic N) is 1. The van der Waals surface area contributed by atoms with Crippen LogP contribution in [0.4, 0.5) is 5.69 Å². The maximum absolute atomic E-state index is 12.4. The molecule has 0 saturated heterocycles. The van der Waals surface area contributed by atoms with Crippen molar-refractivity contribution in [3.63, 3.8) is 0 Å². The van der Waals surface area contributed by atoms with Crippen LogP contribution < -0.4 is 9.62 Å². The number of carbonyl (C=O) groups excluding carboxylic acids is 1. The topological polar surface area (TPSA) is 66.5 Å². The molecule has 0 aromatic heterocycles. The SMILES string of the molecule is C[C@H]1Cc2cc(C(=O)NCCSc3ccccc3)ccc2N1S(C)(=O)=O. The molecule has 5 nitrogen and oxygen atoms in total. The van der Waals surface area contributed by atoms with E-state index in [1.165, 1.54) is 15.5 Å². The van der Waals surface area contributed by atoms with E-state index in [1.807, 2.05) is 37.3 Å². The molecule has 138 valence electrons. The third-order valence-electron chi connectivity index (χ3n) is 4.25. The molecule has 1 heterocycles. The van der Waals surface area contributed by atoms with Crippen molar-refractivity contribution in [3.8, 4) is 0 Å². The number of anilines is 1. The number of carbonyl (C=O) groups is 1. The average molecular weight is 391 g/mol. The van der Waals surface area contributed by atoms with E-state index in [0.717, 1.165) is 11.3 Å². The molecular formula is C19H22N2O3S2. The highest BCUT2D eigenvalue weighted by atomic mass is 32.2. The van der Waals surface area contributed by atoms with Gasteiger partial charge in [0.15, 0.2) is 0 Å². The van der Waals surface area contributed by atoms with E-state index in [1.54, 1.807) is 30.0 Å². The number of thioether (sulfide) groups is 1. The summed E-state index contributed by atoms with van der Waals surface area (Å²) < 4.78 is 25.4. The zero-order valence-corrected chi connectivity index (χ0v) is 16.4. The second kappa shape index (κ2) is 7.72. The second-order valence-corrected chi connectivity index (χ2v) is 9.40. The van der Waals surface area contributed by atoms with Crippen LogP contribution in [0.25, 0.3) is 0 Å². The third-order valence-corrected chi connectivity index (χ3v) is 6.54. The number of amides is 1. The van der Waals surface area contributed by atoms with Crippen LogP contribution in [0.15, 0.2) is 53.4 Å². The van der Waals surface area contributed by atoms with Crippen LogP contribution in [0.2, 0.25) is 0 Å². The smallest absolute Gasteiger partial charge is 0.251 e. The molecule has 1 aliphatic heterocycles. The van der Waals surface area contributed by atoms with Gasteiger partial charge in [-0.3, -0.25) is 9.10 Å². The van der Waals surface area contributed by atoms with Gasteiger partial charge < -0.3 is 5.32 Å². The Hall–Kier alpha value is -1.99. The molecule has 1 atom stereocenters. The van der Waals surface area contributed by atoms with Crippen LogP contribution >= 0.6 is 11.8 Å². The van der Waals surface area contributed by atoms with Gasteiger partial charge in [-0.05, 0) is 49.2 Å². The highest BCUT2D eigenvalue weighted by Crippen LogP contribution is 2.34. The van der Waals surface area contributed by atoms with Crippen molar-refractivity contribution in [2.75, 3.05) is 22.9 Å². The molecule has 0 aliphatic carbocycles. The van der Waals surface area contributed by atoms with Gasteiger partial charge in [-0.15, -0.1) is 11.8 Å². The van der Waals surface area contributed by atoms with E-state index in [2.05, 4.69) is 5.32 Å². The van der Waals surface area contributed by atoms with Gasteiger partial charge in [0.05, 0.1) is 11.9 Å². The number of nitrogens with one attached hydrogen (secondary N) is 1. The van der Waals surface area contributed by atoms with Crippen LogP contribution in [-0.2, 0) is 16.4 Å². The minimum absolute atomic E-state index is 0.124. The van der Waals surface area contributed by atoms with Crippen molar-refractivity contribution in [2.24, 2.45) is 0 Å². The fraction of sp³-hybridized carbons (Fsp3) is 0.316. The first kappa shape index (κ1) is 18.8. The molecule has 0 spiro atoms. The van der Waals surface area contributed by atoms with Gasteiger partial charge in [-0.2, -0.15) is 0 Å². The summed E-state index contributed by atoms with van der Waals surface area (Å²) in [5, 5.41) is 2.92. The van der Waals surface area contributed by atoms with Crippen LogP contribution in [0.1, 0.15) is 22.8 Å². The molecule has 1 aliphatic rings. The Balaban J connectivity index is 1.60. The molecule has 0 saturated carbocycles. The Kier molecular flexibility index (Phi) is 5.58. The predicted octanol–water partition coefficient (Wildman–Crippen LogP) is 2.92. The van der Waals surface area contributed by atoms with Crippen LogP contribution in [0.5, 0.6) is 0 Å². The number of rotatable bonds is 6. The quantitative estimate of drug-likeness (QED) is 0.608. The lowest BCUT2D eigenvalue weighted by Crippen LogP contribution is -2.34. The Bertz CT molecular complexity index is 898. The Morgan fingerprint density at radius 1 is 1.23 bits per heavy atom. The third kappa shape index (κ3) is 4.22. The standard InChI is InChI=1S/C19H22N2O3S2/c1-14-12-16-13-15(8-9-18(16)21(14)26(2,23)24)19(22)20-10-11-25-17-6-4-3-5-7-17/h3-9,13-14H,10-12H2,1-2H3,(H,20,22)/t14-/m0/s1. The number of fused-ring (bicyclic) bond motifs is 1. The summed E-state index contributed by atoms with van der Waals surface area (Å²) >= 11 is 1.69. The van der Waals surface area contributed by atoms with E-state index < -0.39 is 10.0 Å². The summed E-state index contributed by atoms with van der Waals surface area (Å²) in [5.41, 5.74) is 2.14. The van der Waals surface area contributed by atoms with E-state index in [-0.39, 0.29) is 11.9 Å². The first-order valence-electron chi connectivity index (χ1n) is 8.44. The second-order valence-electron chi connectivity index (χ2n) is 6.37. The molecule has 3 rings (SSSR count). The van der Waals surface area contributed by atoms with Crippen molar-refractivity contribution in [1.82, 2.24) is 5.32 Å². The molecular weight excluding hydrogens is 368 g/mol. The summed E-state index contributed by atoms with van der Waals surface area (Å²) in [6.07, 6.45) is 1.83. The number of hydrogen-bond donors (Lipinski definition) is 1. The van der Waals surface area contributed by atoms with Crippen LogP contribution in [0.3, 0.4) is 0 Å². The van der Waals surface area contributed by atoms with Crippen LogP contribution in [-0.4, -0.2) is 38.9 Å². The normalized spacial score (nSPS) is 16.4. The fourth-order valence-corrected chi connectivity index (χ4v) is 5.25. The monoisotopic (exact) mass is 390 g/mol. The Morgan fingerprint density at radius 2 is 1.96 bits per heavy atom. The van der Waals surface area contributed by atoms with Gasteiger partial charge in [-0.25, -0.2) is 8.42 Å². The van der Waals surface area contributed by atoms with Crippen molar-refractivity contribution in [1.29, 1.82) is 0 Å². The summed E-state index contributed by atoms with van der Waals surface area (Å²) in [6, 6.07) is 15.1. The molecule has 2 aromatic rings. The summed E-state index contributed by atoms with van der Waals surface area (Å²) in [7, 11) is -3.31. The van der Waals surface area contributed by atoms with E-state index >= 15 is 0 Å². The predicted molar refractivity (Wildman–Crippen MR) is 106 cm³/mol. The lowest BCUT2D eigenvalue weighted by Gasteiger charge is -2.21. The van der Waals surface area contributed by atoms with Gasteiger partial charge in [0.2, 0.25) is 10.0 Å². The summed E-state index contributed by atoms with van der Waals surface area (Å²) in [6.45, 7) is 2.45. The maximum Gasteiger partial charge on any atom is 0.251 e. The van der Waals surface area contributed by atoms with Gasteiger partial charge >= 0.3 is 0 Å². The molecule has 0 radical (unpaired) electrons. The van der Waals surface area contributed by atoms with Crippen molar-refractivity contribution in [2.45, 2.75) is 24.3 Å². The zero-order valence-electron chi connectivity index (χ0n) is 14.8. The summed E-state index contributed by atoms with van der Waals surface area (Å²) in [4.78, 5) is 13.5. The first-order valence-corrected chi connectivity index (χ1v) is 11.3. The molecule has 1 N–H and O–H groups in total. The van der Waals surface area contributed by atoms with Gasteiger partial charge in [0.25, 0.3) is 5.91 Å². The van der Waals surface area contributed by atoms with E-state index in [4.69, 9.17) is 0 Å². The van der Waals surface area contributed by atoms with Crippen LogP contribution in [0, 0.1) is 0 Å². The molecule has 1 amide bonds. The number of sulfonamides is 1. The molecule has 26 heavy (non-hydrogen) atoms. The largest absolute Gasteiger partial charge is 0.351 e. The van der Waals surface area contributed by atoms with E-state index in [9.17, 15) is 13.2 Å². The number of benzene rings is 2. The van der Waals surface area contributed by atoms with Gasteiger partial charge in [0.1, 0.15) is 0 Å². The van der Waals surface area contributed by atoms with Crippen molar-refractivity contribution >= 4 is 33.4 Å². The lowest BCUT2D eigenvalue weighted by atomic mass is 10.1. The molecule has 0 fully saturated rings. The van der Waals surface area contributed by atoms with Gasteiger partial charge in [-0.1, -0.05) is 18.2 Å². The van der Waals surface area contributed by atoms with E-state index in [0.29, 0.717) is 24.2 Å². The summed E-state index contributed by atoms with van der Waals surface area (Å²) in [5.74, 6) is 0.659. The zero-order chi connectivity index (χ0) is 18.7. The molecule has 7 heteroatoms. The number of hydrogen-bond acceptors (Lipinski definition) is 4. The molecule has 0 bridgehead atoms. The van der Waals surface area contributed by atoms with Crippen molar-refractivity contribution in [3.05, 3.63) is 59.7 Å². The average Bonchev–Trinajstić information content (AvgIpc) is 2.94. The van der Waals surface area contributed by atoms with Gasteiger partial charge in [0, 0.05) is 28.8 Å².